The third-order valence-electron chi connectivity index (χ3n) is 1.31. The van der Waals surface area contributed by atoms with E-state index in [-0.39, 0.29) is 30.1 Å². The quantitative estimate of drug-likeness (QED) is 0.763. The fraction of sp³-hybridized carbons (Fsp3) is 0.286. The first-order valence-corrected chi connectivity index (χ1v) is 4.20. The topological polar surface area (TPSA) is 84.1 Å². The molecule has 1 rings (SSSR count). The summed E-state index contributed by atoms with van der Waals surface area (Å²) < 4.78 is 4.74. The van der Waals surface area contributed by atoms with Crippen LogP contribution in [0.4, 0.5) is 5.95 Å². The lowest BCUT2D eigenvalue weighted by Gasteiger charge is -2.02. The number of aromatic nitrogens is 2. The molecule has 0 atom stereocenters. The lowest BCUT2D eigenvalue weighted by molar-refractivity contribution is -0.114. The molecule has 6 nitrogen and oxygen atoms in total. The molecule has 15 heavy (non-hydrogen) atoms. The van der Waals surface area contributed by atoms with Crippen molar-refractivity contribution in [1.29, 1.82) is 0 Å². The van der Waals surface area contributed by atoms with Gasteiger partial charge in [-0.15, -0.1) is 24.0 Å². The van der Waals surface area contributed by atoms with E-state index in [0.717, 1.165) is 6.07 Å². The van der Waals surface area contributed by atoms with Crippen molar-refractivity contribution >= 4 is 35.9 Å². The number of nitrogens with one attached hydrogen (secondary N) is 2. The molecular formula is C7H9Cl2N3O3. The first-order valence-electron chi connectivity index (χ1n) is 3.67. The SMILES string of the molecule is COc1cc(=O)[nH]c(NC(=O)CCl)n1.Cl. The average Bonchev–Trinajstić information content (AvgIpc) is 2.16. The van der Waals surface area contributed by atoms with Crippen molar-refractivity contribution in [1.82, 2.24) is 9.97 Å². The van der Waals surface area contributed by atoms with Gasteiger partial charge in [0.15, 0.2) is 0 Å². The zero-order valence-corrected chi connectivity index (χ0v) is 9.32. The Hall–Kier alpha value is -1.27. The van der Waals surface area contributed by atoms with Crippen molar-refractivity contribution in [2.75, 3.05) is 18.3 Å². The maximum absolute atomic E-state index is 11.0. The summed E-state index contributed by atoms with van der Waals surface area (Å²) in [6, 6.07) is 1.16. The molecule has 8 heteroatoms. The molecule has 84 valence electrons. The molecule has 0 unspecified atom stereocenters. The number of hydrogen-bond acceptors (Lipinski definition) is 4. The molecule has 0 bridgehead atoms. The number of anilines is 1. The van der Waals surface area contributed by atoms with E-state index in [1.165, 1.54) is 7.11 Å². The predicted molar refractivity (Wildman–Crippen MR) is 58.0 cm³/mol. The van der Waals surface area contributed by atoms with E-state index in [2.05, 4.69) is 15.3 Å². The van der Waals surface area contributed by atoms with E-state index >= 15 is 0 Å². The largest absolute Gasteiger partial charge is 0.481 e. The van der Waals surface area contributed by atoms with E-state index < -0.39 is 11.5 Å². The van der Waals surface area contributed by atoms with Crippen LogP contribution in [0.25, 0.3) is 0 Å². The highest BCUT2D eigenvalue weighted by molar-refractivity contribution is 6.28. The van der Waals surface area contributed by atoms with E-state index in [0.29, 0.717) is 0 Å². The highest BCUT2D eigenvalue weighted by atomic mass is 35.5. The van der Waals surface area contributed by atoms with Crippen molar-refractivity contribution in [2.24, 2.45) is 0 Å². The van der Waals surface area contributed by atoms with Gasteiger partial charge in [0, 0.05) is 0 Å². The van der Waals surface area contributed by atoms with Gasteiger partial charge >= 0.3 is 0 Å². The van der Waals surface area contributed by atoms with Crippen LogP contribution in [0.15, 0.2) is 10.9 Å². The average molecular weight is 254 g/mol. The second kappa shape index (κ2) is 6.26. The number of alkyl halides is 1. The molecular weight excluding hydrogens is 245 g/mol. The number of nitrogens with zero attached hydrogens (tertiary/aromatic N) is 1. The monoisotopic (exact) mass is 253 g/mol. The van der Waals surface area contributed by atoms with Gasteiger partial charge in [-0.2, -0.15) is 4.98 Å². The number of carbonyl (C=O) groups is 1. The maximum atomic E-state index is 11.0. The molecule has 0 spiro atoms. The van der Waals surface area contributed by atoms with Gasteiger partial charge in [-0.3, -0.25) is 19.9 Å². The second-order valence-electron chi connectivity index (χ2n) is 2.32. The summed E-state index contributed by atoms with van der Waals surface area (Å²) in [5, 5.41) is 2.29. The lowest BCUT2D eigenvalue weighted by atomic mass is 10.6. The van der Waals surface area contributed by atoms with Crippen LogP contribution in [0.3, 0.4) is 0 Å². The minimum Gasteiger partial charge on any atom is -0.481 e. The smallest absolute Gasteiger partial charge is 0.256 e. The first kappa shape index (κ1) is 13.7. The number of methoxy groups -OCH3 is 1. The van der Waals surface area contributed by atoms with Gasteiger partial charge in [0.05, 0.1) is 13.2 Å². The molecule has 0 aromatic carbocycles. The summed E-state index contributed by atoms with van der Waals surface area (Å²) in [5.74, 6) is -0.525. The molecule has 0 radical (unpaired) electrons. The van der Waals surface area contributed by atoms with Crippen molar-refractivity contribution in [3.05, 3.63) is 16.4 Å². The van der Waals surface area contributed by atoms with Crippen LogP contribution in [0.2, 0.25) is 0 Å². The van der Waals surface area contributed by atoms with Gasteiger partial charge in [-0.25, -0.2) is 0 Å². The Balaban J connectivity index is 0.00000196. The van der Waals surface area contributed by atoms with E-state index in [4.69, 9.17) is 16.3 Å². The summed E-state index contributed by atoms with van der Waals surface area (Å²) in [6.45, 7) is 0. The summed E-state index contributed by atoms with van der Waals surface area (Å²) >= 11 is 5.25. The van der Waals surface area contributed by atoms with Crippen molar-refractivity contribution < 1.29 is 9.53 Å². The minimum atomic E-state index is -0.455. The lowest BCUT2D eigenvalue weighted by Crippen LogP contribution is -2.18. The number of H-pyrrole nitrogens is 1. The fourth-order valence-electron chi connectivity index (χ4n) is 0.765. The fourth-order valence-corrected chi connectivity index (χ4v) is 0.831. The van der Waals surface area contributed by atoms with Gasteiger partial charge < -0.3 is 4.74 Å². The first-order chi connectivity index (χ1) is 6.65. The Labute approximate surface area is 96.4 Å². The van der Waals surface area contributed by atoms with Crippen LogP contribution in [0.1, 0.15) is 0 Å². The van der Waals surface area contributed by atoms with Crippen LogP contribution in [-0.2, 0) is 4.79 Å². The molecule has 0 aliphatic rings. The highest BCUT2D eigenvalue weighted by Crippen LogP contribution is 2.03. The Morgan fingerprint density at radius 1 is 1.73 bits per heavy atom. The molecule has 0 saturated heterocycles. The van der Waals surface area contributed by atoms with Crippen LogP contribution in [0, 0.1) is 0 Å². The van der Waals surface area contributed by atoms with Gasteiger partial charge in [0.25, 0.3) is 5.56 Å². The van der Waals surface area contributed by atoms with Crippen LogP contribution >= 0.6 is 24.0 Å². The van der Waals surface area contributed by atoms with Crippen molar-refractivity contribution in [2.45, 2.75) is 0 Å². The number of ether oxygens (including phenoxy) is 1. The number of aromatic amines is 1. The number of rotatable bonds is 3. The third-order valence-corrected chi connectivity index (χ3v) is 1.55. The van der Waals surface area contributed by atoms with Crippen LogP contribution < -0.4 is 15.6 Å². The zero-order chi connectivity index (χ0) is 10.6. The molecule has 1 amide bonds. The maximum Gasteiger partial charge on any atom is 0.256 e. The predicted octanol–water partition coefficient (Wildman–Crippen LogP) is 0.378. The van der Waals surface area contributed by atoms with E-state index in [1.807, 2.05) is 0 Å². The molecule has 0 aliphatic heterocycles. The van der Waals surface area contributed by atoms with Crippen molar-refractivity contribution in [3.63, 3.8) is 0 Å². The highest BCUT2D eigenvalue weighted by Gasteiger charge is 2.04. The Morgan fingerprint density at radius 3 is 2.93 bits per heavy atom. The number of amides is 1. The number of carbonyl (C=O) groups excluding carboxylic acids is 1. The third kappa shape index (κ3) is 4.18. The molecule has 0 fully saturated rings. The molecule has 0 aliphatic carbocycles. The molecule has 1 heterocycles. The summed E-state index contributed by atoms with van der Waals surface area (Å²) in [6.07, 6.45) is 0. The molecule has 0 saturated carbocycles. The summed E-state index contributed by atoms with van der Waals surface area (Å²) in [5.41, 5.74) is -0.415. The molecule has 1 aromatic heterocycles. The number of halogens is 2. The second-order valence-corrected chi connectivity index (χ2v) is 2.59. The summed E-state index contributed by atoms with van der Waals surface area (Å²) in [4.78, 5) is 27.9. The normalized spacial score (nSPS) is 8.93. The Morgan fingerprint density at radius 2 is 2.40 bits per heavy atom. The zero-order valence-electron chi connectivity index (χ0n) is 7.74. The van der Waals surface area contributed by atoms with Gasteiger partial charge in [0.1, 0.15) is 5.88 Å². The van der Waals surface area contributed by atoms with Crippen molar-refractivity contribution in [3.8, 4) is 5.88 Å². The van der Waals surface area contributed by atoms with E-state index in [1.54, 1.807) is 0 Å². The van der Waals surface area contributed by atoms with Gasteiger partial charge in [-0.1, -0.05) is 0 Å². The Bertz CT molecular complexity index is 393. The van der Waals surface area contributed by atoms with Crippen LogP contribution in [-0.4, -0.2) is 28.9 Å². The molecule has 2 N–H and O–H groups in total. The van der Waals surface area contributed by atoms with Crippen LogP contribution in [0.5, 0.6) is 5.88 Å². The summed E-state index contributed by atoms with van der Waals surface area (Å²) in [7, 11) is 1.37. The molecule has 1 aromatic rings. The number of hydrogen-bond donors (Lipinski definition) is 2. The van der Waals surface area contributed by atoms with E-state index in [9.17, 15) is 9.59 Å². The van der Waals surface area contributed by atoms with Gasteiger partial charge in [-0.05, 0) is 0 Å². The van der Waals surface area contributed by atoms with Gasteiger partial charge in [0.2, 0.25) is 17.7 Å². The standard InChI is InChI=1S/C7H8ClN3O3.ClH/c1-14-6-2-4(12)9-7(11-6)10-5(13)3-8;/h2H,3H2,1H3,(H2,9,10,11,12,13);1H. The Kier molecular flexibility index (Phi) is 5.73. The minimum absolute atomic E-state index is 0.